The van der Waals surface area contributed by atoms with Gasteiger partial charge in [-0.25, -0.2) is 9.37 Å². The Labute approximate surface area is 196 Å². The summed E-state index contributed by atoms with van der Waals surface area (Å²) in [5, 5.41) is 0. The zero-order valence-corrected chi connectivity index (χ0v) is 19.7. The topological polar surface area (TPSA) is 39.5 Å². The van der Waals surface area contributed by atoms with Crippen LogP contribution in [-0.4, -0.2) is 27.8 Å². The summed E-state index contributed by atoms with van der Waals surface area (Å²) in [4.78, 5) is 7.24. The van der Waals surface area contributed by atoms with Crippen LogP contribution in [0.25, 0.3) is 11.4 Å². The van der Waals surface area contributed by atoms with Crippen molar-refractivity contribution in [2.45, 2.75) is 65.6 Å². The zero-order chi connectivity index (χ0) is 23.0. The molecule has 2 aromatic carbocycles. The van der Waals surface area contributed by atoms with Gasteiger partial charge in [0.15, 0.2) is 11.5 Å². The number of aromatic nitrogens is 2. The van der Waals surface area contributed by atoms with Crippen molar-refractivity contribution in [1.82, 2.24) is 14.5 Å². The predicted molar refractivity (Wildman–Crippen MR) is 129 cm³/mol. The molecule has 0 spiro atoms. The van der Waals surface area contributed by atoms with Gasteiger partial charge in [0, 0.05) is 25.2 Å². The molecule has 1 aliphatic heterocycles. The molecule has 0 amide bonds. The Kier molecular flexibility index (Phi) is 8.00. The zero-order valence-electron chi connectivity index (χ0n) is 19.7. The maximum Gasteiger partial charge on any atom is 0.231 e. The molecule has 0 N–H and O–H groups in total. The van der Waals surface area contributed by atoms with Crippen molar-refractivity contribution in [3.63, 3.8) is 0 Å². The first-order valence-corrected chi connectivity index (χ1v) is 12.1. The predicted octanol–water partition coefficient (Wildman–Crippen LogP) is 6.41. The molecule has 0 radical (unpaired) electrons. The molecular formula is C27H34FN3O2. The number of hydrogen-bond acceptors (Lipinski definition) is 4. The number of nitrogens with zero attached hydrogens (tertiary/aromatic N) is 3. The van der Waals surface area contributed by atoms with E-state index in [4.69, 9.17) is 14.5 Å². The molecule has 0 unspecified atom stereocenters. The normalized spacial score (nSPS) is 12.6. The number of hydrogen-bond donors (Lipinski definition) is 0. The molecule has 0 saturated carbocycles. The monoisotopic (exact) mass is 451 g/mol. The lowest BCUT2D eigenvalue weighted by Gasteiger charge is -2.24. The van der Waals surface area contributed by atoms with Crippen molar-refractivity contribution >= 4 is 0 Å². The van der Waals surface area contributed by atoms with E-state index in [2.05, 4.69) is 35.4 Å². The van der Waals surface area contributed by atoms with E-state index in [0.29, 0.717) is 6.79 Å². The first kappa shape index (κ1) is 23.3. The molecule has 0 fully saturated rings. The van der Waals surface area contributed by atoms with Crippen molar-refractivity contribution < 1.29 is 13.9 Å². The van der Waals surface area contributed by atoms with E-state index in [9.17, 15) is 4.39 Å². The molecule has 0 atom stereocenters. The molecule has 4 rings (SSSR count). The lowest BCUT2D eigenvalue weighted by Crippen LogP contribution is -2.25. The van der Waals surface area contributed by atoms with Gasteiger partial charge in [0.1, 0.15) is 11.6 Å². The third kappa shape index (κ3) is 5.93. The Morgan fingerprint density at radius 3 is 2.52 bits per heavy atom. The van der Waals surface area contributed by atoms with Crippen LogP contribution in [0.3, 0.4) is 0 Å². The molecule has 3 aromatic rings. The fourth-order valence-electron chi connectivity index (χ4n) is 4.26. The first-order chi connectivity index (χ1) is 16.2. The van der Waals surface area contributed by atoms with Crippen LogP contribution >= 0.6 is 0 Å². The third-order valence-electron chi connectivity index (χ3n) is 6.08. The van der Waals surface area contributed by atoms with Crippen molar-refractivity contribution in [3.05, 3.63) is 65.7 Å². The molecular weight excluding hydrogens is 417 g/mol. The van der Waals surface area contributed by atoms with Crippen LogP contribution < -0.4 is 9.47 Å². The number of unbranched alkanes of at least 4 members (excludes halogenated alkanes) is 3. The van der Waals surface area contributed by atoms with Gasteiger partial charge in [0.2, 0.25) is 6.79 Å². The molecule has 2 heterocycles. The number of ether oxygens (including phenoxy) is 2. The summed E-state index contributed by atoms with van der Waals surface area (Å²) in [6, 6.07) is 12.9. The highest BCUT2D eigenvalue weighted by Gasteiger charge is 2.18. The molecule has 6 heteroatoms. The van der Waals surface area contributed by atoms with E-state index in [0.717, 1.165) is 68.3 Å². The molecule has 0 saturated heterocycles. The number of halogens is 1. The molecule has 5 nitrogen and oxygen atoms in total. The number of benzene rings is 2. The Morgan fingerprint density at radius 1 is 0.939 bits per heavy atom. The van der Waals surface area contributed by atoms with Gasteiger partial charge in [0.25, 0.3) is 0 Å². The quantitative estimate of drug-likeness (QED) is 0.298. The van der Waals surface area contributed by atoms with Gasteiger partial charge in [0.05, 0.1) is 11.9 Å². The number of rotatable bonds is 12. The highest BCUT2D eigenvalue weighted by molar-refractivity contribution is 5.56. The molecule has 176 valence electrons. The van der Waals surface area contributed by atoms with Gasteiger partial charge >= 0.3 is 0 Å². The van der Waals surface area contributed by atoms with Crippen LogP contribution in [0.5, 0.6) is 11.5 Å². The molecule has 0 aliphatic carbocycles. The first-order valence-electron chi connectivity index (χ1n) is 12.1. The van der Waals surface area contributed by atoms with E-state index >= 15 is 0 Å². The molecule has 1 aromatic heterocycles. The third-order valence-corrected chi connectivity index (χ3v) is 6.08. The van der Waals surface area contributed by atoms with Crippen LogP contribution in [0.1, 0.15) is 57.2 Å². The summed E-state index contributed by atoms with van der Waals surface area (Å²) in [5.74, 6) is 2.33. The van der Waals surface area contributed by atoms with Gasteiger partial charge < -0.3 is 14.0 Å². The lowest BCUT2D eigenvalue weighted by atomic mass is 10.1. The van der Waals surface area contributed by atoms with Gasteiger partial charge in [-0.2, -0.15) is 0 Å². The largest absolute Gasteiger partial charge is 0.454 e. The Morgan fingerprint density at radius 2 is 1.73 bits per heavy atom. The second-order valence-electron chi connectivity index (χ2n) is 8.69. The van der Waals surface area contributed by atoms with Crippen molar-refractivity contribution in [1.29, 1.82) is 0 Å². The summed E-state index contributed by atoms with van der Waals surface area (Å²) in [6.07, 6.45) is 7.75. The molecule has 1 aliphatic rings. The highest BCUT2D eigenvalue weighted by Crippen LogP contribution is 2.33. The van der Waals surface area contributed by atoms with E-state index < -0.39 is 0 Å². The van der Waals surface area contributed by atoms with E-state index in [-0.39, 0.29) is 5.82 Å². The summed E-state index contributed by atoms with van der Waals surface area (Å²) >= 11 is 0. The van der Waals surface area contributed by atoms with Crippen molar-refractivity contribution in [2.75, 3.05) is 13.3 Å². The van der Waals surface area contributed by atoms with E-state index in [1.54, 1.807) is 0 Å². The number of imidazole rings is 1. The minimum atomic E-state index is -0.225. The highest BCUT2D eigenvalue weighted by atomic mass is 19.1. The van der Waals surface area contributed by atoms with Crippen molar-refractivity contribution in [3.8, 4) is 22.9 Å². The Balaban J connectivity index is 1.57. The van der Waals surface area contributed by atoms with Crippen LogP contribution in [0.15, 0.2) is 48.7 Å². The summed E-state index contributed by atoms with van der Waals surface area (Å²) in [6.45, 7) is 8.31. The summed E-state index contributed by atoms with van der Waals surface area (Å²) < 4.78 is 26.8. The van der Waals surface area contributed by atoms with Crippen LogP contribution in [0, 0.1) is 5.82 Å². The SMILES string of the molecule is CCCCCN(Cc1ccc2c(c1)OCO2)Cc1cnc(-c2ccc(F)cc2)n1CCCC. The van der Waals surface area contributed by atoms with Gasteiger partial charge in [-0.1, -0.05) is 39.2 Å². The Bertz CT molecular complexity index is 1030. The fourth-order valence-corrected chi connectivity index (χ4v) is 4.26. The van der Waals surface area contributed by atoms with Crippen molar-refractivity contribution in [2.24, 2.45) is 0 Å². The Hall–Kier alpha value is -2.86. The lowest BCUT2D eigenvalue weighted by molar-refractivity contribution is 0.174. The fraction of sp³-hybridized carbons (Fsp3) is 0.444. The van der Waals surface area contributed by atoms with Gasteiger partial charge in [-0.05, 0) is 61.3 Å². The maximum atomic E-state index is 13.5. The summed E-state index contributed by atoms with van der Waals surface area (Å²) in [5.41, 5.74) is 3.36. The van der Waals surface area contributed by atoms with E-state index in [1.807, 2.05) is 24.4 Å². The molecule has 0 bridgehead atoms. The molecule has 33 heavy (non-hydrogen) atoms. The van der Waals surface area contributed by atoms with Crippen LogP contribution in [0.2, 0.25) is 0 Å². The van der Waals surface area contributed by atoms with Crippen LogP contribution in [0.4, 0.5) is 4.39 Å². The average molecular weight is 452 g/mol. The minimum absolute atomic E-state index is 0.225. The van der Waals surface area contributed by atoms with Crippen LogP contribution in [-0.2, 0) is 19.6 Å². The average Bonchev–Trinajstić information content (AvgIpc) is 3.45. The number of fused-ring (bicyclic) bond motifs is 1. The van der Waals surface area contributed by atoms with E-state index in [1.165, 1.54) is 36.2 Å². The maximum absolute atomic E-state index is 13.5. The standard InChI is InChI=1S/C27H34FN3O2/c1-3-5-7-14-30(18-21-8-13-25-26(16-21)33-20-32-25)19-24-17-29-27(31(24)15-6-4-2)22-9-11-23(28)12-10-22/h8-13,16-17H,3-7,14-15,18-20H2,1-2H3. The minimum Gasteiger partial charge on any atom is -0.454 e. The van der Waals surface area contributed by atoms with Gasteiger partial charge in [-0.3, -0.25) is 4.90 Å². The smallest absolute Gasteiger partial charge is 0.231 e. The second-order valence-corrected chi connectivity index (χ2v) is 8.69. The summed E-state index contributed by atoms with van der Waals surface area (Å²) in [7, 11) is 0. The second kappa shape index (κ2) is 11.3. The van der Waals surface area contributed by atoms with Gasteiger partial charge in [-0.15, -0.1) is 0 Å².